The minimum absolute atomic E-state index is 0.491. The van der Waals surface area contributed by atoms with Gasteiger partial charge < -0.3 is 14.8 Å². The van der Waals surface area contributed by atoms with E-state index < -0.39 is 0 Å². The van der Waals surface area contributed by atoms with Crippen LogP contribution in [0.3, 0.4) is 0 Å². The van der Waals surface area contributed by atoms with Gasteiger partial charge in [-0.3, -0.25) is 0 Å². The molecule has 0 spiro atoms. The second kappa shape index (κ2) is 8.77. The van der Waals surface area contributed by atoms with Crippen LogP contribution >= 0.6 is 15.9 Å². The standard InChI is InChI=1S/C22H22BrNO2/c1-16-8-10-18(11-9-16)24-14-19-20(23)12-13-21(25-2)22(19)26-15-17-6-4-3-5-7-17/h3-13,24H,14-15H2,1-2H3. The average molecular weight is 412 g/mol. The molecule has 0 bridgehead atoms. The normalized spacial score (nSPS) is 10.4. The van der Waals surface area contributed by atoms with E-state index >= 15 is 0 Å². The Morgan fingerprint density at radius 2 is 1.65 bits per heavy atom. The molecule has 3 rings (SSSR count). The Labute approximate surface area is 163 Å². The number of ether oxygens (including phenoxy) is 2. The third-order valence-electron chi connectivity index (χ3n) is 4.13. The lowest BCUT2D eigenvalue weighted by Gasteiger charge is -2.17. The Bertz CT molecular complexity index is 848. The molecule has 0 saturated heterocycles. The molecule has 0 unspecified atom stereocenters. The van der Waals surface area contributed by atoms with Crippen LogP contribution in [0.1, 0.15) is 16.7 Å². The molecule has 0 amide bonds. The summed E-state index contributed by atoms with van der Waals surface area (Å²) < 4.78 is 12.6. The van der Waals surface area contributed by atoms with Gasteiger partial charge in [0.05, 0.1) is 7.11 Å². The number of benzene rings is 3. The molecule has 0 aliphatic rings. The van der Waals surface area contributed by atoms with E-state index in [4.69, 9.17) is 9.47 Å². The predicted molar refractivity (Wildman–Crippen MR) is 110 cm³/mol. The second-order valence-electron chi connectivity index (χ2n) is 6.05. The molecule has 0 fully saturated rings. The van der Waals surface area contributed by atoms with E-state index in [2.05, 4.69) is 64.6 Å². The van der Waals surface area contributed by atoms with Gasteiger partial charge >= 0.3 is 0 Å². The van der Waals surface area contributed by atoms with Crippen molar-refractivity contribution in [2.45, 2.75) is 20.1 Å². The van der Waals surface area contributed by atoms with Gasteiger partial charge in [0.25, 0.3) is 0 Å². The largest absolute Gasteiger partial charge is 0.493 e. The van der Waals surface area contributed by atoms with Gasteiger partial charge in [-0.15, -0.1) is 0 Å². The van der Waals surface area contributed by atoms with Crippen LogP contribution in [0.2, 0.25) is 0 Å². The molecule has 4 heteroatoms. The van der Waals surface area contributed by atoms with Crippen molar-refractivity contribution in [2.24, 2.45) is 0 Å². The highest BCUT2D eigenvalue weighted by Crippen LogP contribution is 2.37. The Morgan fingerprint density at radius 1 is 0.923 bits per heavy atom. The van der Waals surface area contributed by atoms with Crippen molar-refractivity contribution in [3.05, 3.63) is 87.9 Å². The van der Waals surface area contributed by atoms with Gasteiger partial charge in [-0.2, -0.15) is 0 Å². The van der Waals surface area contributed by atoms with Crippen molar-refractivity contribution >= 4 is 21.6 Å². The van der Waals surface area contributed by atoms with Gasteiger partial charge in [0, 0.05) is 22.3 Å². The van der Waals surface area contributed by atoms with Crippen LogP contribution < -0.4 is 14.8 Å². The van der Waals surface area contributed by atoms with Gasteiger partial charge in [0.2, 0.25) is 0 Å². The number of hydrogen-bond acceptors (Lipinski definition) is 3. The molecule has 3 aromatic rings. The molecule has 3 nitrogen and oxygen atoms in total. The number of halogens is 1. The summed E-state index contributed by atoms with van der Waals surface area (Å²) in [5, 5.41) is 3.45. The monoisotopic (exact) mass is 411 g/mol. The maximum Gasteiger partial charge on any atom is 0.167 e. The molecule has 0 heterocycles. The Hall–Kier alpha value is -2.46. The Morgan fingerprint density at radius 3 is 2.35 bits per heavy atom. The Balaban J connectivity index is 1.81. The molecule has 0 saturated carbocycles. The number of aryl methyl sites for hydroxylation is 1. The SMILES string of the molecule is COc1ccc(Br)c(CNc2ccc(C)cc2)c1OCc1ccccc1. The topological polar surface area (TPSA) is 30.5 Å². The minimum atomic E-state index is 0.491. The van der Waals surface area contributed by atoms with E-state index in [-0.39, 0.29) is 0 Å². The maximum absolute atomic E-state index is 6.14. The van der Waals surface area contributed by atoms with E-state index in [1.807, 2.05) is 30.3 Å². The first-order valence-electron chi connectivity index (χ1n) is 8.50. The summed E-state index contributed by atoms with van der Waals surface area (Å²) in [5.74, 6) is 1.48. The van der Waals surface area contributed by atoms with Gasteiger partial charge in [0.15, 0.2) is 11.5 Å². The second-order valence-corrected chi connectivity index (χ2v) is 6.91. The van der Waals surface area contributed by atoms with E-state index in [9.17, 15) is 0 Å². The van der Waals surface area contributed by atoms with E-state index in [0.29, 0.717) is 13.2 Å². The zero-order valence-electron chi connectivity index (χ0n) is 15.0. The third kappa shape index (κ3) is 4.58. The summed E-state index contributed by atoms with van der Waals surface area (Å²) in [6.45, 7) is 3.20. The number of anilines is 1. The highest BCUT2D eigenvalue weighted by Gasteiger charge is 2.15. The number of methoxy groups -OCH3 is 1. The fraction of sp³-hybridized carbons (Fsp3) is 0.182. The molecule has 0 atom stereocenters. The quantitative estimate of drug-likeness (QED) is 0.520. The van der Waals surface area contributed by atoms with Gasteiger partial charge in [0.1, 0.15) is 6.61 Å². The van der Waals surface area contributed by atoms with Gasteiger partial charge in [-0.1, -0.05) is 64.0 Å². The smallest absolute Gasteiger partial charge is 0.167 e. The molecular weight excluding hydrogens is 390 g/mol. The summed E-state index contributed by atoms with van der Waals surface area (Å²) in [7, 11) is 1.66. The summed E-state index contributed by atoms with van der Waals surface area (Å²) in [4.78, 5) is 0. The van der Waals surface area contributed by atoms with Crippen LogP contribution in [-0.2, 0) is 13.2 Å². The fourth-order valence-electron chi connectivity index (χ4n) is 2.66. The molecule has 26 heavy (non-hydrogen) atoms. The van der Waals surface area contributed by atoms with Crippen LogP contribution in [0.5, 0.6) is 11.5 Å². The van der Waals surface area contributed by atoms with Gasteiger partial charge in [-0.25, -0.2) is 0 Å². The first kappa shape index (κ1) is 18.3. The summed E-state index contributed by atoms with van der Waals surface area (Å²) in [5.41, 5.74) is 4.46. The molecule has 0 aliphatic heterocycles. The number of rotatable bonds is 7. The molecule has 1 N–H and O–H groups in total. The van der Waals surface area contributed by atoms with Crippen molar-refractivity contribution in [2.75, 3.05) is 12.4 Å². The molecule has 0 radical (unpaired) electrons. The summed E-state index contributed by atoms with van der Waals surface area (Å²) >= 11 is 3.65. The van der Waals surface area contributed by atoms with Crippen LogP contribution in [0, 0.1) is 6.92 Å². The number of nitrogens with one attached hydrogen (secondary N) is 1. The van der Waals surface area contributed by atoms with Crippen LogP contribution in [0.25, 0.3) is 0 Å². The van der Waals surface area contributed by atoms with Crippen LogP contribution in [0.4, 0.5) is 5.69 Å². The average Bonchev–Trinajstić information content (AvgIpc) is 2.67. The number of hydrogen-bond donors (Lipinski definition) is 1. The molecule has 3 aromatic carbocycles. The van der Waals surface area contributed by atoms with Crippen molar-refractivity contribution in [1.29, 1.82) is 0 Å². The van der Waals surface area contributed by atoms with E-state index in [1.165, 1.54) is 5.56 Å². The minimum Gasteiger partial charge on any atom is -0.493 e. The predicted octanol–water partition coefficient (Wildman–Crippen LogP) is 5.96. The zero-order valence-corrected chi connectivity index (χ0v) is 16.5. The molecule has 134 valence electrons. The van der Waals surface area contributed by atoms with Crippen LogP contribution in [0.15, 0.2) is 71.2 Å². The zero-order chi connectivity index (χ0) is 18.4. The Kier molecular flexibility index (Phi) is 6.18. The highest BCUT2D eigenvalue weighted by molar-refractivity contribution is 9.10. The summed E-state index contributed by atoms with van der Waals surface area (Å²) in [6.07, 6.45) is 0. The van der Waals surface area contributed by atoms with Crippen molar-refractivity contribution in [3.8, 4) is 11.5 Å². The lowest BCUT2D eigenvalue weighted by atomic mass is 10.1. The molecular formula is C22H22BrNO2. The fourth-order valence-corrected chi connectivity index (χ4v) is 3.11. The van der Waals surface area contributed by atoms with E-state index in [0.717, 1.165) is 32.8 Å². The first-order valence-corrected chi connectivity index (χ1v) is 9.29. The van der Waals surface area contributed by atoms with Crippen molar-refractivity contribution in [3.63, 3.8) is 0 Å². The lowest BCUT2D eigenvalue weighted by molar-refractivity contribution is 0.281. The third-order valence-corrected chi connectivity index (χ3v) is 4.88. The van der Waals surface area contributed by atoms with E-state index in [1.54, 1.807) is 7.11 Å². The van der Waals surface area contributed by atoms with Gasteiger partial charge in [-0.05, 0) is 36.8 Å². The van der Waals surface area contributed by atoms with Crippen LogP contribution in [-0.4, -0.2) is 7.11 Å². The highest BCUT2D eigenvalue weighted by atomic mass is 79.9. The molecule has 0 aliphatic carbocycles. The summed E-state index contributed by atoms with van der Waals surface area (Å²) in [6, 6.07) is 22.4. The van der Waals surface area contributed by atoms with Crippen molar-refractivity contribution < 1.29 is 9.47 Å². The maximum atomic E-state index is 6.14. The lowest BCUT2D eigenvalue weighted by Crippen LogP contribution is -2.06. The van der Waals surface area contributed by atoms with Crippen molar-refractivity contribution in [1.82, 2.24) is 0 Å². The first-order chi connectivity index (χ1) is 12.7. The molecule has 0 aromatic heterocycles.